The monoisotopic (exact) mass is 374 g/mol. The average molecular weight is 374 g/mol. The van der Waals surface area contributed by atoms with E-state index in [1.54, 1.807) is 12.4 Å². The van der Waals surface area contributed by atoms with Crippen LogP contribution in [0.15, 0.2) is 60.9 Å². The van der Waals surface area contributed by atoms with E-state index in [9.17, 15) is 14.7 Å². The number of hydrogen-bond donors (Lipinski definition) is 2. The molecule has 2 bridgehead atoms. The van der Waals surface area contributed by atoms with Crippen molar-refractivity contribution in [3.63, 3.8) is 0 Å². The Hall–Kier alpha value is -2.95. The van der Waals surface area contributed by atoms with Crippen molar-refractivity contribution in [1.82, 2.24) is 4.98 Å². The highest BCUT2D eigenvalue weighted by Gasteiger charge is 2.62. The lowest BCUT2D eigenvalue weighted by atomic mass is 9.62. The van der Waals surface area contributed by atoms with Gasteiger partial charge in [-0.25, -0.2) is 0 Å². The van der Waals surface area contributed by atoms with Crippen molar-refractivity contribution in [2.24, 2.45) is 35.5 Å². The molecule has 0 saturated heterocycles. The normalized spacial score (nSPS) is 31.9. The van der Waals surface area contributed by atoms with Crippen molar-refractivity contribution < 1.29 is 14.7 Å². The molecule has 0 unspecified atom stereocenters. The molecular weight excluding hydrogens is 352 g/mol. The molecule has 2 aromatic rings. The molecule has 5 nitrogen and oxygen atoms in total. The number of nitrogens with one attached hydrogen (secondary N) is 1. The number of anilines is 1. The molecule has 4 aliphatic rings. The number of fused-ring (bicyclic) bond motifs is 1. The van der Waals surface area contributed by atoms with Gasteiger partial charge in [0.05, 0.1) is 11.8 Å². The van der Waals surface area contributed by atoms with Gasteiger partial charge in [0.15, 0.2) is 0 Å². The smallest absolute Gasteiger partial charge is 0.307 e. The minimum atomic E-state index is -0.849. The number of carboxylic acid groups (broad SMARTS) is 1. The SMILES string of the molecule is O=C(O)[C@@H]1[C@H]2C=C[C@@H]([C@@H]3C[C@H]23)[C@@H]1C(=O)Nc1ccc(Cc2ccncc2)cc1. The molecule has 28 heavy (non-hydrogen) atoms. The van der Waals surface area contributed by atoms with Gasteiger partial charge in [0.1, 0.15) is 0 Å². The van der Waals surface area contributed by atoms with E-state index in [1.807, 2.05) is 42.5 Å². The number of allylic oxidation sites excluding steroid dienone is 2. The molecule has 5 heteroatoms. The van der Waals surface area contributed by atoms with Gasteiger partial charge in [-0.2, -0.15) is 0 Å². The van der Waals surface area contributed by atoms with E-state index in [0.717, 1.165) is 18.4 Å². The maximum atomic E-state index is 13.0. The Kier molecular flexibility index (Phi) is 4.04. The zero-order chi connectivity index (χ0) is 19.3. The number of nitrogens with zero attached hydrogens (tertiary/aromatic N) is 1. The molecule has 1 heterocycles. The summed E-state index contributed by atoms with van der Waals surface area (Å²) in [5.41, 5.74) is 3.04. The Bertz CT molecular complexity index is 938. The van der Waals surface area contributed by atoms with Gasteiger partial charge in [-0.15, -0.1) is 0 Å². The van der Waals surface area contributed by atoms with Gasteiger partial charge in [0, 0.05) is 18.1 Å². The van der Waals surface area contributed by atoms with Crippen molar-refractivity contribution in [2.75, 3.05) is 5.32 Å². The van der Waals surface area contributed by atoms with Crippen LogP contribution < -0.4 is 5.32 Å². The fourth-order valence-corrected chi connectivity index (χ4v) is 5.24. The molecule has 142 valence electrons. The molecule has 2 fully saturated rings. The Labute approximate surface area is 163 Å². The standard InChI is InChI=1S/C23H22N2O3/c26-22(20-16-5-6-17(19-12-18(16)19)21(20)23(27)28)25-15-3-1-13(2-4-15)11-14-7-9-24-10-8-14/h1-10,16-21H,11-12H2,(H,25,26)(H,27,28)/t16-,17-,18-,19+,20-,21+/m0/s1. The van der Waals surface area contributed by atoms with E-state index >= 15 is 0 Å². The third kappa shape index (κ3) is 2.91. The number of benzene rings is 1. The molecule has 0 spiro atoms. The van der Waals surface area contributed by atoms with E-state index in [0.29, 0.717) is 17.5 Å². The molecule has 1 aromatic heterocycles. The number of carbonyl (C=O) groups excluding carboxylic acids is 1. The lowest BCUT2D eigenvalue weighted by molar-refractivity contribution is -0.152. The third-order valence-electron chi connectivity index (χ3n) is 6.62. The Morgan fingerprint density at radius 2 is 1.54 bits per heavy atom. The van der Waals surface area contributed by atoms with Crippen LogP contribution in [0.4, 0.5) is 5.69 Å². The highest BCUT2D eigenvalue weighted by atomic mass is 16.4. The second kappa shape index (κ2) is 6.59. The molecular formula is C23H22N2O3. The molecule has 2 saturated carbocycles. The van der Waals surface area contributed by atoms with Crippen molar-refractivity contribution in [3.05, 3.63) is 72.1 Å². The van der Waals surface area contributed by atoms with E-state index in [-0.39, 0.29) is 17.7 Å². The Morgan fingerprint density at radius 1 is 0.929 bits per heavy atom. The number of carbonyl (C=O) groups is 2. The fourth-order valence-electron chi connectivity index (χ4n) is 5.24. The molecule has 0 radical (unpaired) electrons. The van der Waals surface area contributed by atoms with Gasteiger partial charge in [-0.1, -0.05) is 24.3 Å². The lowest BCUT2D eigenvalue weighted by Gasteiger charge is -2.41. The first-order valence-corrected chi connectivity index (χ1v) is 9.81. The summed E-state index contributed by atoms with van der Waals surface area (Å²) in [4.78, 5) is 28.9. The van der Waals surface area contributed by atoms with Crippen LogP contribution in [0.5, 0.6) is 0 Å². The Balaban J connectivity index is 1.30. The summed E-state index contributed by atoms with van der Waals surface area (Å²) in [5.74, 6) is -1.08. The van der Waals surface area contributed by atoms with Crippen molar-refractivity contribution in [3.8, 4) is 0 Å². The van der Waals surface area contributed by atoms with Crippen molar-refractivity contribution >= 4 is 17.6 Å². The molecule has 4 aliphatic carbocycles. The quantitative estimate of drug-likeness (QED) is 0.787. The maximum absolute atomic E-state index is 13.0. The van der Waals surface area contributed by atoms with Crippen LogP contribution in [0.1, 0.15) is 17.5 Å². The van der Waals surface area contributed by atoms with E-state index in [1.165, 1.54) is 5.56 Å². The predicted octanol–water partition coefficient (Wildman–Crippen LogP) is 3.38. The first-order valence-electron chi connectivity index (χ1n) is 9.81. The van der Waals surface area contributed by atoms with Crippen LogP contribution in [-0.2, 0) is 16.0 Å². The van der Waals surface area contributed by atoms with Crippen molar-refractivity contribution in [1.29, 1.82) is 0 Å². The van der Waals surface area contributed by atoms with Crippen LogP contribution in [-0.4, -0.2) is 22.0 Å². The summed E-state index contributed by atoms with van der Waals surface area (Å²) >= 11 is 0. The number of rotatable bonds is 5. The molecule has 6 rings (SSSR count). The summed E-state index contributed by atoms with van der Waals surface area (Å²) < 4.78 is 0. The summed E-state index contributed by atoms with van der Waals surface area (Å²) in [6.07, 6.45) is 9.53. The average Bonchev–Trinajstić information content (AvgIpc) is 3.52. The van der Waals surface area contributed by atoms with E-state index < -0.39 is 17.8 Å². The highest BCUT2D eigenvalue weighted by molar-refractivity contribution is 5.96. The number of amides is 1. The number of aromatic nitrogens is 1. The molecule has 2 N–H and O–H groups in total. The van der Waals surface area contributed by atoms with Gasteiger partial charge in [-0.3, -0.25) is 14.6 Å². The summed E-state index contributed by atoms with van der Waals surface area (Å²) in [6.45, 7) is 0. The van der Waals surface area contributed by atoms with Gasteiger partial charge in [0.25, 0.3) is 0 Å². The van der Waals surface area contributed by atoms with Crippen LogP contribution in [0.3, 0.4) is 0 Å². The minimum absolute atomic E-state index is 0.00554. The summed E-state index contributed by atoms with van der Waals surface area (Å²) in [6, 6.07) is 11.7. The Morgan fingerprint density at radius 3 is 2.18 bits per heavy atom. The number of pyridine rings is 1. The maximum Gasteiger partial charge on any atom is 0.307 e. The zero-order valence-electron chi connectivity index (χ0n) is 15.4. The van der Waals surface area contributed by atoms with Gasteiger partial charge in [0.2, 0.25) is 5.91 Å². The fraction of sp³-hybridized carbons (Fsp3) is 0.348. The van der Waals surface area contributed by atoms with E-state index in [4.69, 9.17) is 0 Å². The molecule has 1 aromatic carbocycles. The van der Waals surface area contributed by atoms with Crippen molar-refractivity contribution in [2.45, 2.75) is 12.8 Å². The van der Waals surface area contributed by atoms with Gasteiger partial charge in [-0.05, 0) is 71.9 Å². The largest absolute Gasteiger partial charge is 0.481 e. The number of hydrogen-bond acceptors (Lipinski definition) is 3. The van der Waals surface area contributed by atoms with Crippen LogP contribution in [0.2, 0.25) is 0 Å². The second-order valence-electron chi connectivity index (χ2n) is 8.21. The number of aliphatic carboxylic acids is 1. The topological polar surface area (TPSA) is 79.3 Å². The predicted molar refractivity (Wildman–Crippen MR) is 104 cm³/mol. The first kappa shape index (κ1) is 17.2. The van der Waals surface area contributed by atoms with Gasteiger partial charge < -0.3 is 10.4 Å². The second-order valence-corrected chi connectivity index (χ2v) is 8.21. The zero-order valence-corrected chi connectivity index (χ0v) is 15.4. The highest BCUT2D eigenvalue weighted by Crippen LogP contribution is 2.63. The first-order chi connectivity index (χ1) is 13.6. The lowest BCUT2D eigenvalue weighted by Crippen LogP contribution is -2.48. The summed E-state index contributed by atoms with van der Waals surface area (Å²) in [5, 5.41) is 12.7. The third-order valence-corrected chi connectivity index (χ3v) is 6.62. The summed E-state index contributed by atoms with van der Waals surface area (Å²) in [7, 11) is 0. The van der Waals surface area contributed by atoms with Crippen LogP contribution in [0.25, 0.3) is 0 Å². The van der Waals surface area contributed by atoms with Crippen LogP contribution in [0, 0.1) is 35.5 Å². The molecule has 1 amide bonds. The van der Waals surface area contributed by atoms with Gasteiger partial charge >= 0.3 is 5.97 Å². The molecule has 6 atom stereocenters. The van der Waals surface area contributed by atoms with Crippen LogP contribution >= 0.6 is 0 Å². The minimum Gasteiger partial charge on any atom is -0.481 e. The van der Waals surface area contributed by atoms with E-state index in [2.05, 4.69) is 16.4 Å². The number of carboxylic acids is 1. The molecule has 0 aliphatic heterocycles.